The Kier molecular flexibility index (Phi) is 3.28. The van der Waals surface area contributed by atoms with Crippen molar-refractivity contribution in [2.75, 3.05) is 5.32 Å². The third kappa shape index (κ3) is 2.26. The quantitative estimate of drug-likeness (QED) is 0.883. The van der Waals surface area contributed by atoms with Gasteiger partial charge in [-0.15, -0.1) is 0 Å². The Labute approximate surface area is 102 Å². The van der Waals surface area contributed by atoms with E-state index in [0.717, 1.165) is 29.3 Å². The van der Waals surface area contributed by atoms with Crippen LogP contribution in [-0.4, -0.2) is 5.91 Å². The van der Waals surface area contributed by atoms with Gasteiger partial charge in [-0.05, 0) is 37.5 Å². The number of amides is 1. The molecular formula is C12H13BrFNO. The molecule has 16 heavy (non-hydrogen) atoms. The Morgan fingerprint density at radius 1 is 1.50 bits per heavy atom. The number of benzene rings is 1. The van der Waals surface area contributed by atoms with Crippen molar-refractivity contribution in [2.24, 2.45) is 5.92 Å². The van der Waals surface area contributed by atoms with Crippen molar-refractivity contribution >= 4 is 27.5 Å². The Hall–Kier alpha value is -0.900. The van der Waals surface area contributed by atoms with E-state index in [-0.39, 0.29) is 23.3 Å². The van der Waals surface area contributed by atoms with Crippen molar-refractivity contribution in [2.45, 2.75) is 26.2 Å². The van der Waals surface area contributed by atoms with Crippen LogP contribution in [0.3, 0.4) is 0 Å². The van der Waals surface area contributed by atoms with Crippen LogP contribution < -0.4 is 5.32 Å². The van der Waals surface area contributed by atoms with Gasteiger partial charge in [0.15, 0.2) is 0 Å². The number of nitrogens with one attached hydrogen (secondary N) is 1. The SMILES string of the molecule is Cc1cc(F)c(NC(=O)C2CCC2)cc1Br. The summed E-state index contributed by atoms with van der Waals surface area (Å²) in [7, 11) is 0. The summed E-state index contributed by atoms with van der Waals surface area (Å²) < 4.78 is 14.3. The normalized spacial score (nSPS) is 15.7. The lowest BCUT2D eigenvalue weighted by atomic mass is 9.85. The van der Waals surface area contributed by atoms with Gasteiger partial charge in [0.05, 0.1) is 5.69 Å². The first-order chi connectivity index (χ1) is 7.58. The Morgan fingerprint density at radius 3 is 2.75 bits per heavy atom. The molecule has 1 saturated carbocycles. The summed E-state index contributed by atoms with van der Waals surface area (Å²) >= 11 is 3.32. The van der Waals surface area contributed by atoms with Gasteiger partial charge in [-0.2, -0.15) is 0 Å². The topological polar surface area (TPSA) is 29.1 Å². The molecule has 2 nitrogen and oxygen atoms in total. The first-order valence-corrected chi connectivity index (χ1v) is 6.13. The maximum absolute atomic E-state index is 13.5. The zero-order valence-electron chi connectivity index (χ0n) is 9.02. The van der Waals surface area contributed by atoms with E-state index in [1.165, 1.54) is 6.07 Å². The fraction of sp³-hybridized carbons (Fsp3) is 0.417. The monoisotopic (exact) mass is 285 g/mol. The smallest absolute Gasteiger partial charge is 0.227 e. The largest absolute Gasteiger partial charge is 0.323 e. The van der Waals surface area contributed by atoms with Crippen molar-refractivity contribution < 1.29 is 9.18 Å². The van der Waals surface area contributed by atoms with Gasteiger partial charge >= 0.3 is 0 Å². The van der Waals surface area contributed by atoms with Crippen LogP contribution in [0.15, 0.2) is 16.6 Å². The van der Waals surface area contributed by atoms with Gasteiger partial charge in [-0.1, -0.05) is 22.4 Å². The van der Waals surface area contributed by atoms with E-state index >= 15 is 0 Å². The van der Waals surface area contributed by atoms with Crippen LogP contribution >= 0.6 is 15.9 Å². The van der Waals surface area contributed by atoms with Crippen molar-refractivity contribution in [3.8, 4) is 0 Å². The molecule has 1 fully saturated rings. The highest BCUT2D eigenvalue weighted by atomic mass is 79.9. The minimum Gasteiger partial charge on any atom is -0.323 e. The number of hydrogen-bond donors (Lipinski definition) is 1. The fourth-order valence-corrected chi connectivity index (χ4v) is 1.99. The van der Waals surface area contributed by atoms with Crippen molar-refractivity contribution in [3.05, 3.63) is 28.0 Å². The van der Waals surface area contributed by atoms with E-state index in [9.17, 15) is 9.18 Å². The van der Waals surface area contributed by atoms with E-state index in [1.807, 2.05) is 6.92 Å². The average Bonchev–Trinajstić information content (AvgIpc) is 2.11. The first-order valence-electron chi connectivity index (χ1n) is 5.34. The van der Waals surface area contributed by atoms with Crippen LogP contribution in [-0.2, 0) is 4.79 Å². The summed E-state index contributed by atoms with van der Waals surface area (Å²) in [6.45, 7) is 1.81. The molecule has 1 aromatic rings. The molecule has 2 rings (SSSR count). The van der Waals surface area contributed by atoms with Gasteiger partial charge in [0.1, 0.15) is 5.82 Å². The second kappa shape index (κ2) is 4.53. The Morgan fingerprint density at radius 2 is 2.19 bits per heavy atom. The summed E-state index contributed by atoms with van der Waals surface area (Å²) in [6, 6.07) is 3.03. The van der Waals surface area contributed by atoms with E-state index in [2.05, 4.69) is 21.2 Å². The number of rotatable bonds is 2. The minimum atomic E-state index is -0.381. The van der Waals surface area contributed by atoms with Crippen LogP contribution in [0.4, 0.5) is 10.1 Å². The second-order valence-corrected chi connectivity index (χ2v) is 5.05. The molecule has 0 aromatic heterocycles. The predicted octanol–water partition coefficient (Wildman–Crippen LogP) is 3.64. The highest BCUT2D eigenvalue weighted by Crippen LogP contribution is 2.29. The molecule has 1 aliphatic carbocycles. The number of carbonyl (C=O) groups excluding carboxylic acids is 1. The second-order valence-electron chi connectivity index (χ2n) is 4.20. The van der Waals surface area contributed by atoms with Crippen LogP contribution in [0.25, 0.3) is 0 Å². The minimum absolute atomic E-state index is 0.0686. The molecule has 0 aliphatic heterocycles. The molecule has 0 saturated heterocycles. The van der Waals surface area contributed by atoms with E-state index in [1.54, 1.807) is 6.07 Å². The lowest BCUT2D eigenvalue weighted by molar-refractivity contribution is -0.122. The summed E-state index contributed by atoms with van der Waals surface area (Å²) in [5.74, 6) is -0.381. The van der Waals surface area contributed by atoms with Crippen molar-refractivity contribution in [1.82, 2.24) is 0 Å². The molecule has 1 aromatic carbocycles. The summed E-state index contributed by atoms with van der Waals surface area (Å²) in [6.07, 6.45) is 2.93. The Bertz CT molecular complexity index is 429. The number of carbonyl (C=O) groups is 1. The average molecular weight is 286 g/mol. The number of hydrogen-bond acceptors (Lipinski definition) is 1. The summed E-state index contributed by atoms with van der Waals surface area (Å²) in [4.78, 5) is 11.7. The predicted molar refractivity (Wildman–Crippen MR) is 64.8 cm³/mol. The summed E-state index contributed by atoms with van der Waals surface area (Å²) in [5.41, 5.74) is 1.08. The van der Waals surface area contributed by atoms with E-state index in [4.69, 9.17) is 0 Å². The van der Waals surface area contributed by atoms with Crippen molar-refractivity contribution in [3.63, 3.8) is 0 Å². The van der Waals surface area contributed by atoms with Gasteiger partial charge in [0.25, 0.3) is 0 Å². The lowest BCUT2D eigenvalue weighted by Gasteiger charge is -2.24. The zero-order valence-corrected chi connectivity index (χ0v) is 10.6. The van der Waals surface area contributed by atoms with Gasteiger partial charge in [0, 0.05) is 10.4 Å². The van der Waals surface area contributed by atoms with E-state index < -0.39 is 0 Å². The van der Waals surface area contributed by atoms with Crippen LogP contribution in [0, 0.1) is 18.7 Å². The molecule has 1 aliphatic rings. The van der Waals surface area contributed by atoms with Gasteiger partial charge in [0.2, 0.25) is 5.91 Å². The molecule has 4 heteroatoms. The molecule has 0 bridgehead atoms. The molecule has 0 atom stereocenters. The molecule has 0 radical (unpaired) electrons. The lowest BCUT2D eigenvalue weighted by Crippen LogP contribution is -2.28. The third-order valence-electron chi connectivity index (χ3n) is 2.98. The summed E-state index contributed by atoms with van der Waals surface area (Å²) in [5, 5.41) is 2.64. The molecule has 0 unspecified atom stereocenters. The first kappa shape index (κ1) is 11.6. The van der Waals surface area contributed by atoms with Crippen molar-refractivity contribution in [1.29, 1.82) is 0 Å². The molecule has 0 heterocycles. The molecule has 1 N–H and O–H groups in total. The number of aryl methyl sites for hydroxylation is 1. The molecular weight excluding hydrogens is 273 g/mol. The maximum atomic E-state index is 13.5. The van der Waals surface area contributed by atoms with E-state index in [0.29, 0.717) is 0 Å². The van der Waals surface area contributed by atoms with Crippen LogP contribution in [0.1, 0.15) is 24.8 Å². The molecule has 0 spiro atoms. The van der Waals surface area contributed by atoms with Gasteiger partial charge < -0.3 is 5.32 Å². The maximum Gasteiger partial charge on any atom is 0.227 e. The van der Waals surface area contributed by atoms with Gasteiger partial charge in [-0.25, -0.2) is 4.39 Å². The van der Waals surface area contributed by atoms with Crippen LogP contribution in [0.5, 0.6) is 0 Å². The highest BCUT2D eigenvalue weighted by Gasteiger charge is 2.25. The van der Waals surface area contributed by atoms with Crippen LogP contribution in [0.2, 0.25) is 0 Å². The third-order valence-corrected chi connectivity index (χ3v) is 3.84. The molecule has 86 valence electrons. The molecule has 1 amide bonds. The number of halogens is 2. The zero-order chi connectivity index (χ0) is 11.7. The Balaban J connectivity index is 2.14. The fourth-order valence-electron chi connectivity index (χ4n) is 1.65. The standard InChI is InChI=1S/C12H13BrFNO/c1-7-5-10(14)11(6-9(7)13)15-12(16)8-3-2-4-8/h5-6,8H,2-4H2,1H3,(H,15,16). The highest BCUT2D eigenvalue weighted by molar-refractivity contribution is 9.10. The number of anilines is 1. The van der Waals surface area contributed by atoms with Gasteiger partial charge in [-0.3, -0.25) is 4.79 Å².